The highest BCUT2D eigenvalue weighted by Crippen LogP contribution is 2.31. The van der Waals surface area contributed by atoms with Crippen LogP contribution in [0.5, 0.6) is 0 Å². The van der Waals surface area contributed by atoms with Gasteiger partial charge in [-0.25, -0.2) is 4.98 Å². The third-order valence-electron chi connectivity index (χ3n) is 4.30. The molecule has 0 aliphatic heterocycles. The summed E-state index contributed by atoms with van der Waals surface area (Å²) in [6, 6.07) is 3.76. The average molecular weight is 312 g/mol. The van der Waals surface area contributed by atoms with Crippen molar-refractivity contribution in [3.63, 3.8) is 0 Å². The Morgan fingerprint density at radius 2 is 2.13 bits per heavy atom. The highest BCUT2D eigenvalue weighted by atomic mass is 16.4. The van der Waals surface area contributed by atoms with Gasteiger partial charge in [-0.05, 0) is 38.8 Å². The minimum atomic E-state index is -0.242. The number of furan rings is 1. The summed E-state index contributed by atoms with van der Waals surface area (Å²) in [5.74, 6) is 1.37. The van der Waals surface area contributed by atoms with E-state index >= 15 is 0 Å². The molecule has 0 aromatic carbocycles. The first-order chi connectivity index (χ1) is 11.0. The van der Waals surface area contributed by atoms with Crippen molar-refractivity contribution >= 4 is 17.5 Å². The fourth-order valence-corrected chi connectivity index (χ4v) is 3.12. The van der Waals surface area contributed by atoms with Crippen molar-refractivity contribution in [1.29, 1.82) is 0 Å². The maximum Gasteiger partial charge on any atom is 0.295 e. The van der Waals surface area contributed by atoms with Crippen LogP contribution < -0.4 is 4.90 Å². The first-order valence-corrected chi connectivity index (χ1v) is 7.93. The van der Waals surface area contributed by atoms with E-state index in [0.717, 1.165) is 12.0 Å². The lowest BCUT2D eigenvalue weighted by Crippen LogP contribution is -2.32. The van der Waals surface area contributed by atoms with E-state index in [0.29, 0.717) is 42.1 Å². The Kier molecular flexibility index (Phi) is 4.03. The molecule has 3 rings (SSSR count). The standard InChI is InChI=1S/C18H20N2O3/c1-4-20(17-11(2)7-6-10-19-17)18(22)16-12(3)15-13(21)8-5-9-14(15)23-16/h6-7,10H,4-5,8-9H2,1-3H3. The van der Waals surface area contributed by atoms with E-state index in [1.165, 1.54) is 0 Å². The molecule has 0 saturated heterocycles. The van der Waals surface area contributed by atoms with E-state index in [1.807, 2.05) is 26.0 Å². The summed E-state index contributed by atoms with van der Waals surface area (Å²) in [6.07, 6.45) is 3.69. The largest absolute Gasteiger partial charge is 0.455 e. The molecule has 120 valence electrons. The molecule has 2 aromatic rings. The second kappa shape index (κ2) is 5.99. The number of hydrogen-bond acceptors (Lipinski definition) is 4. The smallest absolute Gasteiger partial charge is 0.295 e. The summed E-state index contributed by atoms with van der Waals surface area (Å²) >= 11 is 0. The molecular weight excluding hydrogens is 292 g/mol. The number of carbonyl (C=O) groups excluding carboxylic acids is 2. The molecular formula is C18H20N2O3. The Balaban J connectivity index is 2.03. The summed E-state index contributed by atoms with van der Waals surface area (Å²) < 4.78 is 5.77. The number of Topliss-reactive ketones (excluding diaryl/α,β-unsaturated/α-hetero) is 1. The van der Waals surface area contributed by atoms with E-state index in [4.69, 9.17) is 4.42 Å². The summed E-state index contributed by atoms with van der Waals surface area (Å²) in [4.78, 5) is 31.0. The molecule has 2 heterocycles. The van der Waals surface area contributed by atoms with Gasteiger partial charge in [-0.3, -0.25) is 14.5 Å². The number of aryl methyl sites for hydroxylation is 2. The van der Waals surface area contributed by atoms with Gasteiger partial charge in [-0.15, -0.1) is 0 Å². The summed E-state index contributed by atoms with van der Waals surface area (Å²) in [5.41, 5.74) is 2.18. The van der Waals surface area contributed by atoms with E-state index in [9.17, 15) is 9.59 Å². The Labute approximate surface area is 135 Å². The fourth-order valence-electron chi connectivity index (χ4n) is 3.12. The van der Waals surface area contributed by atoms with Gasteiger partial charge >= 0.3 is 0 Å². The van der Waals surface area contributed by atoms with Crippen LogP contribution in [0.15, 0.2) is 22.7 Å². The number of nitrogens with zero attached hydrogens (tertiary/aromatic N) is 2. The predicted molar refractivity (Wildman–Crippen MR) is 87.0 cm³/mol. The molecule has 2 aromatic heterocycles. The molecule has 1 amide bonds. The molecule has 23 heavy (non-hydrogen) atoms. The highest BCUT2D eigenvalue weighted by Gasteiger charge is 2.31. The van der Waals surface area contributed by atoms with Crippen LogP contribution >= 0.6 is 0 Å². The third-order valence-corrected chi connectivity index (χ3v) is 4.30. The normalized spacial score (nSPS) is 13.8. The van der Waals surface area contributed by atoms with Crippen LogP contribution in [0, 0.1) is 13.8 Å². The first kappa shape index (κ1) is 15.5. The van der Waals surface area contributed by atoms with Crippen molar-refractivity contribution in [3.8, 4) is 0 Å². The number of fused-ring (bicyclic) bond motifs is 1. The minimum Gasteiger partial charge on any atom is -0.455 e. The van der Waals surface area contributed by atoms with Gasteiger partial charge in [0.1, 0.15) is 11.6 Å². The summed E-state index contributed by atoms with van der Waals surface area (Å²) in [5, 5.41) is 0. The lowest BCUT2D eigenvalue weighted by Gasteiger charge is -2.20. The summed E-state index contributed by atoms with van der Waals surface area (Å²) in [6.45, 7) is 6.09. The number of pyridine rings is 1. The maximum atomic E-state index is 13.0. The van der Waals surface area contributed by atoms with Crippen molar-refractivity contribution in [1.82, 2.24) is 4.98 Å². The van der Waals surface area contributed by atoms with Crippen LogP contribution in [0.4, 0.5) is 5.82 Å². The molecule has 5 heteroatoms. The second-order valence-corrected chi connectivity index (χ2v) is 5.82. The molecule has 0 atom stereocenters. The number of anilines is 1. The zero-order valence-corrected chi connectivity index (χ0v) is 13.7. The van der Waals surface area contributed by atoms with Crippen LogP contribution in [0.3, 0.4) is 0 Å². The van der Waals surface area contributed by atoms with Gasteiger partial charge in [0.2, 0.25) is 0 Å². The minimum absolute atomic E-state index is 0.0728. The van der Waals surface area contributed by atoms with E-state index in [1.54, 1.807) is 18.0 Å². The van der Waals surface area contributed by atoms with Gasteiger partial charge in [0.25, 0.3) is 5.91 Å². The highest BCUT2D eigenvalue weighted by molar-refractivity contribution is 6.08. The first-order valence-electron chi connectivity index (χ1n) is 7.93. The molecule has 1 aliphatic carbocycles. The molecule has 5 nitrogen and oxygen atoms in total. The Bertz CT molecular complexity index is 777. The van der Waals surface area contributed by atoms with Crippen LogP contribution in [-0.4, -0.2) is 23.2 Å². The van der Waals surface area contributed by atoms with Gasteiger partial charge in [-0.1, -0.05) is 6.07 Å². The second-order valence-electron chi connectivity index (χ2n) is 5.82. The molecule has 0 N–H and O–H groups in total. The Morgan fingerprint density at radius 3 is 2.78 bits per heavy atom. The lowest BCUT2D eigenvalue weighted by atomic mass is 9.94. The third kappa shape index (κ3) is 2.56. The predicted octanol–water partition coefficient (Wildman–Crippen LogP) is 3.48. The topological polar surface area (TPSA) is 63.4 Å². The molecule has 0 saturated carbocycles. The Morgan fingerprint density at radius 1 is 1.35 bits per heavy atom. The van der Waals surface area contributed by atoms with Crippen molar-refractivity contribution in [2.45, 2.75) is 40.0 Å². The van der Waals surface area contributed by atoms with Crippen molar-refractivity contribution in [3.05, 3.63) is 46.5 Å². The van der Waals surface area contributed by atoms with Gasteiger partial charge in [0.05, 0.1) is 5.56 Å². The van der Waals surface area contributed by atoms with Gasteiger partial charge in [0, 0.05) is 31.1 Å². The molecule has 0 radical (unpaired) electrons. The number of ketones is 1. The number of hydrogen-bond donors (Lipinski definition) is 0. The maximum absolute atomic E-state index is 13.0. The van der Waals surface area contributed by atoms with E-state index in [-0.39, 0.29) is 17.5 Å². The van der Waals surface area contributed by atoms with E-state index < -0.39 is 0 Å². The quantitative estimate of drug-likeness (QED) is 0.870. The van der Waals surface area contributed by atoms with Crippen LogP contribution in [0.2, 0.25) is 0 Å². The van der Waals surface area contributed by atoms with Gasteiger partial charge in [-0.2, -0.15) is 0 Å². The number of aromatic nitrogens is 1. The van der Waals surface area contributed by atoms with E-state index in [2.05, 4.69) is 4.98 Å². The number of carbonyl (C=O) groups is 2. The molecule has 0 bridgehead atoms. The van der Waals surface area contributed by atoms with Gasteiger partial charge in [0.15, 0.2) is 11.5 Å². The van der Waals surface area contributed by atoms with Crippen molar-refractivity contribution in [2.24, 2.45) is 0 Å². The van der Waals surface area contributed by atoms with Crippen LogP contribution in [-0.2, 0) is 6.42 Å². The lowest BCUT2D eigenvalue weighted by molar-refractivity contribution is 0.0949. The van der Waals surface area contributed by atoms with Gasteiger partial charge < -0.3 is 4.42 Å². The van der Waals surface area contributed by atoms with Crippen molar-refractivity contribution < 1.29 is 14.0 Å². The fraction of sp³-hybridized carbons (Fsp3) is 0.389. The Hall–Kier alpha value is -2.43. The molecule has 0 fully saturated rings. The number of rotatable bonds is 3. The molecule has 0 spiro atoms. The monoisotopic (exact) mass is 312 g/mol. The summed E-state index contributed by atoms with van der Waals surface area (Å²) in [7, 11) is 0. The van der Waals surface area contributed by atoms with Crippen molar-refractivity contribution in [2.75, 3.05) is 11.4 Å². The van der Waals surface area contributed by atoms with Crippen LogP contribution in [0.25, 0.3) is 0 Å². The number of amides is 1. The zero-order valence-electron chi connectivity index (χ0n) is 13.7. The average Bonchev–Trinajstić information content (AvgIpc) is 2.88. The van der Waals surface area contributed by atoms with Crippen LogP contribution in [0.1, 0.15) is 57.6 Å². The zero-order chi connectivity index (χ0) is 16.6. The SMILES string of the molecule is CCN(C(=O)c1oc2c(c1C)C(=O)CCC2)c1ncccc1C. The molecule has 0 unspecified atom stereocenters. The molecule has 1 aliphatic rings.